The molecule has 1 amide bonds. The van der Waals surface area contributed by atoms with Crippen LogP contribution in [0.25, 0.3) is 16.0 Å². The maximum absolute atomic E-state index is 12.9. The number of nitrogens with zero attached hydrogens (tertiary/aromatic N) is 4. The van der Waals surface area contributed by atoms with Gasteiger partial charge in [-0.2, -0.15) is 0 Å². The minimum Gasteiger partial charge on any atom is -0.382 e. The quantitative estimate of drug-likeness (QED) is 0.470. The van der Waals surface area contributed by atoms with Gasteiger partial charge in [-0.3, -0.25) is 4.79 Å². The molecule has 0 saturated carbocycles. The van der Waals surface area contributed by atoms with Crippen LogP contribution in [0.15, 0.2) is 53.9 Å². The summed E-state index contributed by atoms with van der Waals surface area (Å²) in [7, 11) is 0. The fourth-order valence-corrected chi connectivity index (χ4v) is 4.42. The number of fused-ring (bicyclic) bond motifs is 1. The number of nitrogens with one attached hydrogen (secondary N) is 2. The number of carbonyl (C=O) groups is 1. The monoisotopic (exact) mass is 419 g/mol. The Morgan fingerprint density at radius 1 is 1.10 bits per heavy atom. The number of nitrogens with two attached hydrogens (primary N) is 1. The van der Waals surface area contributed by atoms with Crippen LogP contribution in [0.5, 0.6) is 0 Å². The van der Waals surface area contributed by atoms with Crippen molar-refractivity contribution >= 4 is 45.3 Å². The van der Waals surface area contributed by atoms with Crippen LogP contribution in [0.3, 0.4) is 0 Å². The molecule has 0 bridgehead atoms. The number of thiazole rings is 1. The van der Waals surface area contributed by atoms with E-state index in [9.17, 15) is 4.79 Å². The molecule has 9 heteroatoms. The fourth-order valence-electron chi connectivity index (χ4n) is 3.65. The number of carbonyl (C=O) groups excluding carboxylic acids is 1. The molecule has 0 radical (unpaired) electrons. The summed E-state index contributed by atoms with van der Waals surface area (Å²) in [5.74, 6) is 0.196. The molecular weight excluding hydrogens is 398 g/mol. The first kappa shape index (κ1) is 18.6. The maximum Gasteiger partial charge on any atom is 0.275 e. The number of para-hydroxylation sites is 3. The van der Waals surface area contributed by atoms with Gasteiger partial charge in [0.25, 0.3) is 5.91 Å². The number of anilines is 3. The second-order valence-electron chi connectivity index (χ2n) is 7.04. The van der Waals surface area contributed by atoms with Crippen molar-refractivity contribution in [2.75, 3.05) is 42.1 Å². The van der Waals surface area contributed by atoms with E-state index in [1.54, 1.807) is 10.1 Å². The van der Waals surface area contributed by atoms with Crippen LogP contribution < -0.4 is 21.3 Å². The van der Waals surface area contributed by atoms with Crippen LogP contribution in [-0.4, -0.2) is 46.9 Å². The van der Waals surface area contributed by atoms with Gasteiger partial charge in [-0.1, -0.05) is 24.3 Å². The van der Waals surface area contributed by atoms with E-state index in [0.717, 1.165) is 48.5 Å². The normalized spacial score (nSPS) is 14.2. The highest BCUT2D eigenvalue weighted by atomic mass is 32.1. The molecule has 1 aliphatic heterocycles. The van der Waals surface area contributed by atoms with Crippen LogP contribution >= 0.6 is 11.3 Å². The third-order valence-electron chi connectivity index (χ3n) is 5.13. The number of rotatable bonds is 4. The number of amides is 1. The Balaban J connectivity index is 1.40. The zero-order valence-corrected chi connectivity index (χ0v) is 17.0. The second kappa shape index (κ2) is 7.77. The van der Waals surface area contributed by atoms with Crippen LogP contribution in [-0.2, 0) is 0 Å². The third kappa shape index (κ3) is 3.38. The molecule has 0 spiro atoms. The Hall–Kier alpha value is -3.43. The van der Waals surface area contributed by atoms with Gasteiger partial charge in [0.05, 0.1) is 16.9 Å². The first-order valence-electron chi connectivity index (χ1n) is 9.76. The average molecular weight is 420 g/mol. The standard InChI is InChI=1S/C21H21N7OS/c22-19-14-5-1-3-7-17(14)28(26-19)21-25-16(13-30-21)20(29)24-15-6-2-4-8-18(15)27-11-9-23-10-12-27/h1-8,13,23H,9-12H2,(H2,22,26)(H,24,29). The average Bonchev–Trinajstić information content (AvgIpc) is 3.40. The van der Waals surface area contributed by atoms with Gasteiger partial charge in [-0.15, -0.1) is 16.4 Å². The Bertz CT molecular complexity index is 1210. The van der Waals surface area contributed by atoms with Gasteiger partial charge in [-0.25, -0.2) is 9.67 Å². The summed E-state index contributed by atoms with van der Waals surface area (Å²) in [4.78, 5) is 19.7. The molecule has 1 fully saturated rings. The highest BCUT2D eigenvalue weighted by Crippen LogP contribution is 2.28. The van der Waals surface area contributed by atoms with Gasteiger partial charge in [-0.05, 0) is 24.3 Å². The summed E-state index contributed by atoms with van der Waals surface area (Å²) in [6, 6.07) is 15.6. The Labute approximate surface area is 177 Å². The number of benzene rings is 2. The molecule has 0 aliphatic carbocycles. The molecule has 2 aromatic heterocycles. The molecule has 5 rings (SSSR count). The van der Waals surface area contributed by atoms with Crippen LogP contribution in [0.4, 0.5) is 17.2 Å². The van der Waals surface area contributed by atoms with Crippen LogP contribution in [0.2, 0.25) is 0 Å². The Kier molecular flexibility index (Phi) is 4.82. The van der Waals surface area contributed by atoms with Crippen molar-refractivity contribution in [2.24, 2.45) is 0 Å². The third-order valence-corrected chi connectivity index (χ3v) is 5.95. The van der Waals surface area contributed by atoms with E-state index in [0.29, 0.717) is 16.6 Å². The van der Waals surface area contributed by atoms with E-state index in [2.05, 4.69) is 25.6 Å². The molecular formula is C21H21N7OS. The van der Waals surface area contributed by atoms with Gasteiger partial charge < -0.3 is 21.3 Å². The van der Waals surface area contributed by atoms with E-state index in [1.807, 2.05) is 48.5 Å². The van der Waals surface area contributed by atoms with Crippen molar-refractivity contribution < 1.29 is 4.79 Å². The summed E-state index contributed by atoms with van der Waals surface area (Å²) in [5.41, 5.74) is 9.05. The van der Waals surface area contributed by atoms with E-state index >= 15 is 0 Å². The van der Waals surface area contributed by atoms with E-state index in [1.165, 1.54) is 11.3 Å². The summed E-state index contributed by atoms with van der Waals surface area (Å²) >= 11 is 1.36. The number of hydrogen-bond acceptors (Lipinski definition) is 7. The van der Waals surface area contributed by atoms with E-state index < -0.39 is 0 Å². The highest BCUT2D eigenvalue weighted by molar-refractivity contribution is 7.12. The Morgan fingerprint density at radius 3 is 2.73 bits per heavy atom. The molecule has 8 nitrogen and oxygen atoms in total. The summed E-state index contributed by atoms with van der Waals surface area (Å²) in [5, 5.41) is 14.0. The predicted octanol–water partition coefficient (Wildman–Crippen LogP) is 2.73. The molecule has 30 heavy (non-hydrogen) atoms. The van der Waals surface area contributed by atoms with Crippen LogP contribution in [0, 0.1) is 0 Å². The maximum atomic E-state index is 12.9. The lowest BCUT2D eigenvalue weighted by Crippen LogP contribution is -2.43. The first-order chi connectivity index (χ1) is 14.7. The lowest BCUT2D eigenvalue weighted by atomic mass is 10.2. The minimum atomic E-state index is -0.246. The van der Waals surface area contributed by atoms with E-state index in [4.69, 9.17) is 5.73 Å². The SMILES string of the molecule is Nc1nn(-c2nc(C(=O)Nc3ccccc3N3CCNCC3)cs2)c2ccccc12. The largest absolute Gasteiger partial charge is 0.382 e. The second-order valence-corrected chi connectivity index (χ2v) is 7.87. The lowest BCUT2D eigenvalue weighted by molar-refractivity contribution is 0.102. The highest BCUT2D eigenvalue weighted by Gasteiger charge is 2.19. The molecule has 152 valence electrons. The molecule has 1 aliphatic rings. The number of piperazine rings is 1. The van der Waals surface area contributed by atoms with E-state index in [-0.39, 0.29) is 5.91 Å². The van der Waals surface area contributed by atoms with Gasteiger partial charge in [0, 0.05) is 36.9 Å². The molecule has 1 saturated heterocycles. The lowest BCUT2D eigenvalue weighted by Gasteiger charge is -2.31. The van der Waals surface area contributed by atoms with Crippen molar-refractivity contribution in [3.8, 4) is 5.13 Å². The zero-order chi connectivity index (χ0) is 20.5. The summed E-state index contributed by atoms with van der Waals surface area (Å²) in [6.45, 7) is 3.67. The number of hydrogen-bond donors (Lipinski definition) is 3. The molecule has 2 aromatic carbocycles. The van der Waals surface area contributed by atoms with Crippen molar-refractivity contribution in [1.29, 1.82) is 0 Å². The topological polar surface area (TPSA) is 101 Å². The zero-order valence-electron chi connectivity index (χ0n) is 16.2. The smallest absolute Gasteiger partial charge is 0.275 e. The molecule has 4 aromatic rings. The Morgan fingerprint density at radius 2 is 1.87 bits per heavy atom. The van der Waals surface area contributed by atoms with Gasteiger partial charge >= 0.3 is 0 Å². The minimum absolute atomic E-state index is 0.246. The number of aromatic nitrogens is 3. The summed E-state index contributed by atoms with van der Waals surface area (Å²) in [6.07, 6.45) is 0. The predicted molar refractivity (Wildman–Crippen MR) is 121 cm³/mol. The summed E-state index contributed by atoms with van der Waals surface area (Å²) < 4.78 is 1.68. The first-order valence-corrected chi connectivity index (χ1v) is 10.6. The van der Waals surface area contributed by atoms with Crippen molar-refractivity contribution in [3.63, 3.8) is 0 Å². The molecule has 0 unspecified atom stereocenters. The fraction of sp³-hybridized carbons (Fsp3) is 0.190. The van der Waals surface area contributed by atoms with Crippen LogP contribution in [0.1, 0.15) is 10.5 Å². The number of nitrogen functional groups attached to an aromatic ring is 1. The van der Waals surface area contributed by atoms with Gasteiger partial charge in [0.1, 0.15) is 5.69 Å². The van der Waals surface area contributed by atoms with Gasteiger partial charge in [0.2, 0.25) is 5.13 Å². The van der Waals surface area contributed by atoms with Gasteiger partial charge in [0.15, 0.2) is 5.82 Å². The van der Waals surface area contributed by atoms with Crippen molar-refractivity contribution in [2.45, 2.75) is 0 Å². The molecule has 0 atom stereocenters. The molecule has 3 heterocycles. The molecule has 4 N–H and O–H groups in total. The van der Waals surface area contributed by atoms with Crippen molar-refractivity contribution in [3.05, 3.63) is 59.6 Å². The van der Waals surface area contributed by atoms with Crippen molar-refractivity contribution in [1.82, 2.24) is 20.1 Å².